The highest BCUT2D eigenvalue weighted by Gasteiger charge is 2.26. The molecule has 0 rings (SSSR count). The molecule has 0 aliphatic heterocycles. The van der Waals surface area contributed by atoms with Crippen LogP contribution in [0, 0.1) is 17.8 Å². The van der Waals surface area contributed by atoms with Crippen LogP contribution in [0.5, 0.6) is 0 Å². The highest BCUT2D eigenvalue weighted by atomic mass is 16.5. The van der Waals surface area contributed by atoms with Gasteiger partial charge in [0.15, 0.2) is 0 Å². The topological polar surface area (TPSA) is 184 Å². The second-order valence-electron chi connectivity index (χ2n) is 9.43. The maximum absolute atomic E-state index is 12.6. The highest BCUT2D eigenvalue weighted by Crippen LogP contribution is 2.22. The number of carboxylic acid groups (broad SMARTS) is 2. The van der Waals surface area contributed by atoms with Gasteiger partial charge in [-0.15, -0.1) is 0 Å². The van der Waals surface area contributed by atoms with Crippen LogP contribution < -0.4 is 5.73 Å². The van der Waals surface area contributed by atoms with Crippen LogP contribution in [0.4, 0.5) is 0 Å². The summed E-state index contributed by atoms with van der Waals surface area (Å²) in [5.74, 6) is -4.34. The number of primary amides is 1. The first-order chi connectivity index (χ1) is 17.3. The van der Waals surface area contributed by atoms with E-state index in [1.54, 1.807) is 45.1 Å². The van der Waals surface area contributed by atoms with Crippen molar-refractivity contribution in [1.29, 1.82) is 0 Å². The molecule has 37 heavy (non-hydrogen) atoms. The van der Waals surface area contributed by atoms with E-state index in [4.69, 9.17) is 20.7 Å². The fourth-order valence-electron chi connectivity index (χ4n) is 4.02. The first-order valence-electron chi connectivity index (χ1n) is 12.5. The molecule has 210 valence electrons. The van der Waals surface area contributed by atoms with Crippen LogP contribution in [-0.4, -0.2) is 69.5 Å². The predicted octanol–water partition coefficient (Wildman–Crippen LogP) is 2.62. The monoisotopic (exact) mass is 525 g/mol. The van der Waals surface area contributed by atoms with Crippen molar-refractivity contribution in [1.82, 2.24) is 0 Å². The number of hydrogen-bond acceptors (Lipinski definition) is 7. The number of hydrogen-bond donors (Lipinski definition) is 5. The zero-order valence-corrected chi connectivity index (χ0v) is 22.2. The van der Waals surface area contributed by atoms with Crippen molar-refractivity contribution in [2.45, 2.75) is 84.0 Å². The minimum absolute atomic E-state index is 0.0554. The van der Waals surface area contributed by atoms with Gasteiger partial charge in [0.1, 0.15) is 11.9 Å². The molecule has 0 aliphatic carbocycles. The Balaban J connectivity index is 4.92. The number of allylic oxidation sites excluding steroid dienone is 2. The Hall–Kier alpha value is -2.82. The van der Waals surface area contributed by atoms with Gasteiger partial charge in [-0.1, -0.05) is 38.2 Å². The molecule has 0 aliphatic rings. The number of carbonyl (C=O) groups excluding carboxylic acids is 2. The number of unbranched alkanes of at least 4 members (excludes halogenated alkanes) is 1. The van der Waals surface area contributed by atoms with Crippen LogP contribution in [0.2, 0.25) is 0 Å². The molecule has 0 aromatic heterocycles. The molecule has 0 aromatic carbocycles. The van der Waals surface area contributed by atoms with Crippen molar-refractivity contribution >= 4 is 23.6 Å². The van der Waals surface area contributed by atoms with Crippen molar-refractivity contribution in [2.24, 2.45) is 23.5 Å². The Labute approximate surface area is 218 Å². The Bertz CT molecular complexity index is 818. The second kappa shape index (κ2) is 18.4. The van der Waals surface area contributed by atoms with Gasteiger partial charge in [0, 0.05) is 44.3 Å². The number of methoxy groups -OCH3 is 1. The van der Waals surface area contributed by atoms with Crippen molar-refractivity contribution < 1.29 is 44.3 Å². The number of Topliss-reactive ketones (excluding diaryl/α,β-unsaturated/α-hetero) is 1. The van der Waals surface area contributed by atoms with Gasteiger partial charge < -0.3 is 30.9 Å². The third kappa shape index (κ3) is 15.1. The van der Waals surface area contributed by atoms with E-state index in [2.05, 4.69) is 0 Å². The van der Waals surface area contributed by atoms with Gasteiger partial charge in [-0.3, -0.25) is 14.4 Å². The van der Waals surface area contributed by atoms with Gasteiger partial charge in [0.25, 0.3) is 0 Å². The summed E-state index contributed by atoms with van der Waals surface area (Å²) in [6, 6.07) is 0. The molecule has 0 aromatic rings. The van der Waals surface area contributed by atoms with E-state index in [-0.39, 0.29) is 25.0 Å². The molecule has 10 nitrogen and oxygen atoms in total. The SMILES string of the molecule is CO[C@@H](/C=C/CC/C=C/C(=O)O)[C@H](O)[C@@H](C)/C=C(\C)[C@@H](O)[C@@H](C)C(=O)CCC[C@@H](CC(N)=O)CC(=O)O. The van der Waals surface area contributed by atoms with Gasteiger partial charge in [0.2, 0.25) is 5.91 Å². The van der Waals surface area contributed by atoms with Gasteiger partial charge >= 0.3 is 11.9 Å². The average Bonchev–Trinajstić information content (AvgIpc) is 2.80. The zero-order valence-electron chi connectivity index (χ0n) is 22.2. The smallest absolute Gasteiger partial charge is 0.327 e. The maximum atomic E-state index is 12.6. The Morgan fingerprint density at radius 3 is 2.16 bits per heavy atom. The molecule has 0 fully saturated rings. The Morgan fingerprint density at radius 2 is 1.62 bits per heavy atom. The van der Waals surface area contributed by atoms with Crippen molar-refractivity contribution in [2.75, 3.05) is 7.11 Å². The normalized spacial score (nSPS) is 17.3. The molecule has 6 atom stereocenters. The largest absolute Gasteiger partial charge is 0.481 e. The zero-order chi connectivity index (χ0) is 28.5. The van der Waals surface area contributed by atoms with E-state index in [9.17, 15) is 29.4 Å². The van der Waals surface area contributed by atoms with Crippen LogP contribution in [0.3, 0.4) is 0 Å². The number of rotatable bonds is 20. The molecule has 1 amide bonds. The van der Waals surface area contributed by atoms with Crippen molar-refractivity contribution in [3.8, 4) is 0 Å². The third-order valence-electron chi connectivity index (χ3n) is 6.20. The second-order valence-corrected chi connectivity index (χ2v) is 9.43. The number of carboxylic acids is 2. The summed E-state index contributed by atoms with van der Waals surface area (Å²) >= 11 is 0. The Morgan fingerprint density at radius 1 is 1.00 bits per heavy atom. The number of ketones is 1. The van der Waals surface area contributed by atoms with Crippen LogP contribution in [0.1, 0.15) is 65.7 Å². The number of aliphatic hydroxyl groups is 2. The highest BCUT2D eigenvalue weighted by molar-refractivity contribution is 5.81. The predicted molar refractivity (Wildman–Crippen MR) is 138 cm³/mol. The molecule has 0 bridgehead atoms. The lowest BCUT2D eigenvalue weighted by Crippen LogP contribution is -2.32. The molecule has 0 radical (unpaired) electrons. The summed E-state index contributed by atoms with van der Waals surface area (Å²) in [6.45, 7) is 5.06. The van der Waals surface area contributed by atoms with Crippen LogP contribution >= 0.6 is 0 Å². The Kier molecular flexibility index (Phi) is 17.0. The average molecular weight is 526 g/mol. The van der Waals surface area contributed by atoms with Gasteiger partial charge in [-0.25, -0.2) is 4.79 Å². The lowest BCUT2D eigenvalue weighted by molar-refractivity contribution is -0.138. The van der Waals surface area contributed by atoms with E-state index in [1.165, 1.54) is 7.11 Å². The fraction of sp³-hybridized carbons (Fsp3) is 0.630. The van der Waals surface area contributed by atoms with Gasteiger partial charge in [-0.2, -0.15) is 0 Å². The number of aliphatic hydroxyl groups excluding tert-OH is 2. The quantitative estimate of drug-likeness (QED) is 0.0905. The number of aliphatic carboxylic acids is 2. The summed E-state index contributed by atoms with van der Waals surface area (Å²) in [5.41, 5.74) is 5.70. The molecule has 0 saturated heterocycles. The minimum Gasteiger partial charge on any atom is -0.481 e. The third-order valence-corrected chi connectivity index (χ3v) is 6.20. The molecule has 6 N–H and O–H groups in total. The first kappa shape index (κ1) is 34.2. The van der Waals surface area contributed by atoms with Gasteiger partial charge in [-0.05, 0) is 44.1 Å². The summed E-state index contributed by atoms with van der Waals surface area (Å²) in [7, 11) is 1.46. The lowest BCUT2D eigenvalue weighted by Gasteiger charge is -2.25. The summed E-state index contributed by atoms with van der Waals surface area (Å²) in [6.07, 6.45) is 6.98. The van der Waals surface area contributed by atoms with E-state index in [0.717, 1.165) is 6.08 Å². The summed E-state index contributed by atoms with van der Waals surface area (Å²) in [5, 5.41) is 38.9. The molecule has 0 spiro atoms. The van der Waals surface area contributed by atoms with E-state index in [0.29, 0.717) is 31.3 Å². The molecule has 0 heterocycles. The molecular weight excluding hydrogens is 482 g/mol. The maximum Gasteiger partial charge on any atom is 0.327 e. The van der Waals surface area contributed by atoms with E-state index < -0.39 is 53.9 Å². The molecular formula is C27H43NO9. The number of nitrogens with two attached hydrogens (primary N) is 1. The summed E-state index contributed by atoms with van der Waals surface area (Å²) < 4.78 is 5.36. The fourth-order valence-corrected chi connectivity index (χ4v) is 4.02. The first-order valence-corrected chi connectivity index (χ1v) is 12.5. The lowest BCUT2D eigenvalue weighted by atomic mass is 9.87. The van der Waals surface area contributed by atoms with Crippen LogP contribution in [-0.2, 0) is 23.9 Å². The standard InChI is InChI=1S/C27H43NO9/c1-17(14-18(2)27(36)22(37-4)12-7-5-6-8-13-24(31)32)26(35)19(3)21(29)11-9-10-20(15-23(28)30)16-25(33)34/h7-8,12-14,18-20,22,26-27,35-36H,5-6,9-11,15-16H2,1-4H3,(H2,28,30)(H,31,32)(H,33,34)/b12-7+,13-8+,17-14+/t18-,19-,20-,22-,26+,27+/m0/s1. The summed E-state index contributed by atoms with van der Waals surface area (Å²) in [4.78, 5) is 45.2. The number of ether oxygens (including phenoxy) is 1. The van der Waals surface area contributed by atoms with E-state index in [1.807, 2.05) is 0 Å². The van der Waals surface area contributed by atoms with E-state index >= 15 is 0 Å². The molecule has 0 saturated carbocycles. The van der Waals surface area contributed by atoms with Crippen molar-refractivity contribution in [3.63, 3.8) is 0 Å². The number of amides is 1. The number of carbonyl (C=O) groups is 4. The molecule has 0 unspecified atom stereocenters. The molecule has 10 heteroatoms. The van der Waals surface area contributed by atoms with Gasteiger partial charge in [0.05, 0.1) is 12.2 Å². The van der Waals surface area contributed by atoms with Crippen molar-refractivity contribution in [3.05, 3.63) is 36.0 Å². The van der Waals surface area contributed by atoms with Crippen LogP contribution in [0.25, 0.3) is 0 Å². The minimum atomic E-state index is -1.06. The van der Waals surface area contributed by atoms with Crippen LogP contribution in [0.15, 0.2) is 36.0 Å².